The Morgan fingerprint density at radius 2 is 0.549 bits per heavy atom. The standard InChI is InChI=1S/C65H112O6/c1-4-7-10-13-16-19-22-25-28-30-31-32-33-35-37-40-43-46-49-52-55-58-64(67)70-61-62(60-69-63(66)57-54-51-48-45-42-39-36-27-24-21-18-15-12-9-6-3)71-65(68)59-56-53-50-47-44-41-38-34-29-26-23-20-17-14-11-8-5-2/h7,10,16,18-19,21,25-29,31-32,36,62H,4-6,8-9,11-15,17,20,22-24,30,33-35,37-61H2,1-3H3/b10-7-,19-16-,21-18-,28-25-,29-26-,32-31-,36-27-. The van der Waals surface area contributed by atoms with E-state index in [2.05, 4.69) is 106 Å². The van der Waals surface area contributed by atoms with E-state index in [9.17, 15) is 14.4 Å². The zero-order chi connectivity index (χ0) is 51.4. The van der Waals surface area contributed by atoms with Gasteiger partial charge in [-0.15, -0.1) is 0 Å². The van der Waals surface area contributed by atoms with Gasteiger partial charge in [-0.25, -0.2) is 0 Å². The summed E-state index contributed by atoms with van der Waals surface area (Å²) in [4.78, 5) is 38.2. The second kappa shape index (κ2) is 59.2. The van der Waals surface area contributed by atoms with Gasteiger partial charge >= 0.3 is 17.9 Å². The van der Waals surface area contributed by atoms with Gasteiger partial charge < -0.3 is 14.2 Å². The molecule has 408 valence electrons. The van der Waals surface area contributed by atoms with E-state index in [1.54, 1.807) is 0 Å². The summed E-state index contributed by atoms with van der Waals surface area (Å²) in [7, 11) is 0. The fourth-order valence-corrected chi connectivity index (χ4v) is 8.34. The molecule has 0 heterocycles. The molecule has 0 rings (SSSR count). The van der Waals surface area contributed by atoms with Crippen molar-refractivity contribution in [2.45, 2.75) is 297 Å². The molecule has 0 saturated heterocycles. The van der Waals surface area contributed by atoms with Gasteiger partial charge in [0.05, 0.1) is 0 Å². The van der Waals surface area contributed by atoms with Crippen LogP contribution in [0, 0.1) is 0 Å². The Morgan fingerprint density at radius 3 is 0.901 bits per heavy atom. The maximum absolute atomic E-state index is 12.9. The Bertz CT molecular complexity index is 1370. The van der Waals surface area contributed by atoms with Crippen LogP contribution in [0.15, 0.2) is 85.1 Å². The molecule has 0 aliphatic heterocycles. The smallest absolute Gasteiger partial charge is 0.306 e. The number of hydrogen-bond acceptors (Lipinski definition) is 6. The first kappa shape index (κ1) is 67.6. The quantitative estimate of drug-likeness (QED) is 0.0261. The molecule has 1 atom stereocenters. The fourth-order valence-electron chi connectivity index (χ4n) is 8.34. The zero-order valence-electron chi connectivity index (χ0n) is 46.7. The van der Waals surface area contributed by atoms with Gasteiger partial charge in [0, 0.05) is 19.3 Å². The summed E-state index contributed by atoms with van der Waals surface area (Å²) < 4.78 is 16.9. The summed E-state index contributed by atoms with van der Waals surface area (Å²) in [6, 6.07) is 0. The minimum atomic E-state index is -0.789. The molecule has 6 heteroatoms. The highest BCUT2D eigenvalue weighted by Gasteiger charge is 2.19. The van der Waals surface area contributed by atoms with Gasteiger partial charge in [0.1, 0.15) is 13.2 Å². The van der Waals surface area contributed by atoms with Crippen LogP contribution in [-0.2, 0) is 28.6 Å². The molecule has 0 spiro atoms. The third-order valence-electron chi connectivity index (χ3n) is 12.9. The first-order valence-electron chi connectivity index (χ1n) is 30.1. The van der Waals surface area contributed by atoms with Crippen molar-refractivity contribution in [3.05, 3.63) is 85.1 Å². The van der Waals surface area contributed by atoms with Gasteiger partial charge in [-0.1, -0.05) is 241 Å². The highest BCUT2D eigenvalue weighted by atomic mass is 16.6. The number of ether oxygens (including phenoxy) is 3. The van der Waals surface area contributed by atoms with E-state index in [0.717, 1.165) is 109 Å². The van der Waals surface area contributed by atoms with E-state index in [0.29, 0.717) is 19.3 Å². The second-order valence-electron chi connectivity index (χ2n) is 19.9. The molecule has 0 aliphatic rings. The predicted octanol–water partition coefficient (Wildman–Crippen LogP) is 20.3. The first-order valence-corrected chi connectivity index (χ1v) is 30.1. The normalized spacial score (nSPS) is 12.7. The Labute approximate surface area is 439 Å². The van der Waals surface area contributed by atoms with Crippen molar-refractivity contribution in [3.63, 3.8) is 0 Å². The van der Waals surface area contributed by atoms with E-state index < -0.39 is 6.10 Å². The van der Waals surface area contributed by atoms with Gasteiger partial charge in [0.2, 0.25) is 0 Å². The van der Waals surface area contributed by atoms with Crippen LogP contribution in [0.2, 0.25) is 0 Å². The van der Waals surface area contributed by atoms with Crippen LogP contribution in [0.1, 0.15) is 290 Å². The molecular formula is C65H112O6. The maximum atomic E-state index is 12.9. The third kappa shape index (κ3) is 57.4. The summed E-state index contributed by atoms with van der Waals surface area (Å²) >= 11 is 0. The molecule has 0 aromatic heterocycles. The number of unbranched alkanes of at least 4 members (excludes halogenated alkanes) is 29. The lowest BCUT2D eigenvalue weighted by molar-refractivity contribution is -0.167. The van der Waals surface area contributed by atoms with Crippen molar-refractivity contribution in [1.82, 2.24) is 0 Å². The maximum Gasteiger partial charge on any atom is 0.306 e. The Morgan fingerprint density at radius 1 is 0.296 bits per heavy atom. The Hall–Kier alpha value is -3.41. The first-order chi connectivity index (χ1) is 35.0. The number of hydrogen-bond donors (Lipinski definition) is 0. The van der Waals surface area contributed by atoms with E-state index in [4.69, 9.17) is 14.2 Å². The summed E-state index contributed by atoms with van der Waals surface area (Å²) in [5.74, 6) is -0.904. The van der Waals surface area contributed by atoms with Gasteiger partial charge in [-0.05, 0) is 116 Å². The minimum absolute atomic E-state index is 0.0866. The lowest BCUT2D eigenvalue weighted by Gasteiger charge is -2.18. The minimum Gasteiger partial charge on any atom is -0.462 e. The van der Waals surface area contributed by atoms with Gasteiger partial charge in [-0.3, -0.25) is 14.4 Å². The molecule has 0 radical (unpaired) electrons. The average Bonchev–Trinajstić information content (AvgIpc) is 3.37. The van der Waals surface area contributed by atoms with E-state index in [1.165, 1.54) is 141 Å². The molecule has 0 aliphatic carbocycles. The van der Waals surface area contributed by atoms with Crippen molar-refractivity contribution in [1.29, 1.82) is 0 Å². The highest BCUT2D eigenvalue weighted by Crippen LogP contribution is 2.15. The van der Waals surface area contributed by atoms with Crippen LogP contribution in [0.4, 0.5) is 0 Å². The number of carbonyl (C=O) groups is 3. The number of allylic oxidation sites excluding steroid dienone is 14. The lowest BCUT2D eigenvalue weighted by atomic mass is 10.1. The highest BCUT2D eigenvalue weighted by molar-refractivity contribution is 5.71. The lowest BCUT2D eigenvalue weighted by Crippen LogP contribution is -2.30. The van der Waals surface area contributed by atoms with Crippen LogP contribution in [0.5, 0.6) is 0 Å². The van der Waals surface area contributed by atoms with Crippen LogP contribution in [0.3, 0.4) is 0 Å². The zero-order valence-corrected chi connectivity index (χ0v) is 46.7. The Balaban J connectivity index is 4.40. The molecule has 71 heavy (non-hydrogen) atoms. The number of esters is 3. The van der Waals surface area contributed by atoms with E-state index in [1.807, 2.05) is 0 Å². The van der Waals surface area contributed by atoms with Crippen molar-refractivity contribution in [2.24, 2.45) is 0 Å². The molecule has 0 amide bonds. The second-order valence-corrected chi connectivity index (χ2v) is 19.9. The summed E-state index contributed by atoms with van der Waals surface area (Å²) in [5.41, 5.74) is 0. The summed E-state index contributed by atoms with van der Waals surface area (Å²) in [6.07, 6.45) is 77.1. The molecule has 0 aromatic rings. The van der Waals surface area contributed by atoms with Gasteiger partial charge in [0.25, 0.3) is 0 Å². The van der Waals surface area contributed by atoms with Crippen LogP contribution in [0.25, 0.3) is 0 Å². The largest absolute Gasteiger partial charge is 0.462 e. The summed E-state index contributed by atoms with van der Waals surface area (Å²) in [6.45, 7) is 6.50. The van der Waals surface area contributed by atoms with Crippen molar-refractivity contribution in [2.75, 3.05) is 13.2 Å². The molecule has 0 fully saturated rings. The molecule has 0 saturated carbocycles. The monoisotopic (exact) mass is 989 g/mol. The van der Waals surface area contributed by atoms with E-state index >= 15 is 0 Å². The predicted molar refractivity (Wildman–Crippen MR) is 307 cm³/mol. The SMILES string of the molecule is CC/C=C\C/C=C\C/C=C\C/C=C\CCCCCCCCCCC(=O)OCC(COC(=O)CCCCCCC/C=C\C/C=C\CCCCC)OC(=O)CCCCCCCCC/C=C\CCCCCCCC. The van der Waals surface area contributed by atoms with Crippen molar-refractivity contribution >= 4 is 17.9 Å². The molecule has 0 N–H and O–H groups in total. The summed E-state index contributed by atoms with van der Waals surface area (Å²) in [5, 5.41) is 0. The topological polar surface area (TPSA) is 78.9 Å². The van der Waals surface area contributed by atoms with Crippen LogP contribution < -0.4 is 0 Å². The van der Waals surface area contributed by atoms with Gasteiger partial charge in [-0.2, -0.15) is 0 Å². The Kier molecular flexibility index (Phi) is 56.3. The number of rotatable bonds is 54. The molecular weight excluding hydrogens is 877 g/mol. The molecule has 0 bridgehead atoms. The van der Waals surface area contributed by atoms with E-state index in [-0.39, 0.29) is 31.1 Å². The van der Waals surface area contributed by atoms with Crippen LogP contribution in [-0.4, -0.2) is 37.2 Å². The molecule has 1 unspecified atom stereocenters. The fraction of sp³-hybridized carbons (Fsp3) is 0.738. The molecule has 6 nitrogen and oxygen atoms in total. The van der Waals surface area contributed by atoms with Gasteiger partial charge in [0.15, 0.2) is 6.10 Å². The number of carbonyl (C=O) groups excluding carboxylic acids is 3. The molecule has 0 aromatic carbocycles. The third-order valence-corrected chi connectivity index (χ3v) is 12.9. The van der Waals surface area contributed by atoms with Crippen molar-refractivity contribution < 1.29 is 28.6 Å². The average molecular weight is 990 g/mol. The van der Waals surface area contributed by atoms with Crippen LogP contribution >= 0.6 is 0 Å². The van der Waals surface area contributed by atoms with Crippen molar-refractivity contribution in [3.8, 4) is 0 Å².